The van der Waals surface area contributed by atoms with Crippen molar-refractivity contribution >= 4 is 11.6 Å². The van der Waals surface area contributed by atoms with E-state index in [9.17, 15) is 28.1 Å². The maximum absolute atomic E-state index is 12.5. The third-order valence-corrected chi connectivity index (χ3v) is 3.42. The number of carbonyl (C=O) groups is 1. The van der Waals surface area contributed by atoms with E-state index in [1.165, 1.54) is 4.90 Å². The fourth-order valence-corrected chi connectivity index (χ4v) is 2.32. The molecule has 0 radical (unpaired) electrons. The molecule has 0 aliphatic carbocycles. The number of hydrogen-bond acceptors (Lipinski definition) is 5. The van der Waals surface area contributed by atoms with Gasteiger partial charge in [0.1, 0.15) is 11.3 Å². The van der Waals surface area contributed by atoms with E-state index in [2.05, 4.69) is 10.1 Å². The summed E-state index contributed by atoms with van der Waals surface area (Å²) in [7, 11) is 0. The van der Waals surface area contributed by atoms with Crippen LogP contribution in [0, 0.1) is 10.1 Å². The van der Waals surface area contributed by atoms with Gasteiger partial charge in [-0.05, 0) is 25.1 Å². The molecule has 1 amide bonds. The molecule has 2 rings (SSSR count). The van der Waals surface area contributed by atoms with E-state index in [0.717, 1.165) is 24.7 Å². The third kappa shape index (κ3) is 4.82. The first-order valence-electron chi connectivity index (χ1n) is 7.26. The fourth-order valence-electron chi connectivity index (χ4n) is 2.32. The zero-order valence-electron chi connectivity index (χ0n) is 12.6. The molecule has 1 aliphatic heterocycles. The van der Waals surface area contributed by atoms with Crippen molar-refractivity contribution in [2.75, 3.05) is 32.8 Å². The van der Waals surface area contributed by atoms with Crippen molar-refractivity contribution in [1.29, 1.82) is 0 Å². The summed E-state index contributed by atoms with van der Waals surface area (Å²) in [6.45, 7) is 0.511. The summed E-state index contributed by atoms with van der Waals surface area (Å²) in [4.78, 5) is 24.4. The molecule has 1 heterocycles. The number of ether oxygens (including phenoxy) is 1. The summed E-state index contributed by atoms with van der Waals surface area (Å²) >= 11 is 0. The number of rotatable bonds is 4. The summed E-state index contributed by atoms with van der Waals surface area (Å²) in [6, 6.07) is 3.02. The number of hydrogen-bond donors (Lipinski definition) is 1. The third-order valence-electron chi connectivity index (χ3n) is 3.42. The van der Waals surface area contributed by atoms with E-state index in [4.69, 9.17) is 0 Å². The molecule has 1 aromatic rings. The molecule has 0 unspecified atom stereocenters. The smallest absolute Gasteiger partial charge is 0.422 e. The number of nitrogens with one attached hydrogen (secondary N) is 1. The van der Waals surface area contributed by atoms with Gasteiger partial charge in [0.05, 0.1) is 4.92 Å². The Morgan fingerprint density at radius 3 is 2.75 bits per heavy atom. The van der Waals surface area contributed by atoms with Crippen LogP contribution in [0.1, 0.15) is 16.8 Å². The van der Waals surface area contributed by atoms with Crippen molar-refractivity contribution < 1.29 is 27.6 Å². The molecule has 1 saturated heterocycles. The molecule has 1 fully saturated rings. The highest BCUT2D eigenvalue weighted by Gasteiger charge is 2.30. The fraction of sp³-hybridized carbons (Fsp3) is 0.500. The minimum absolute atomic E-state index is 0.241. The average Bonchev–Trinajstić information content (AvgIpc) is 2.80. The summed E-state index contributed by atoms with van der Waals surface area (Å²) in [6.07, 6.45) is -3.85. The zero-order chi connectivity index (χ0) is 17.7. The van der Waals surface area contributed by atoms with E-state index in [1.807, 2.05) is 0 Å². The summed E-state index contributed by atoms with van der Waals surface area (Å²) in [5.74, 6) is -0.836. The van der Waals surface area contributed by atoms with Gasteiger partial charge in [-0.2, -0.15) is 13.2 Å². The van der Waals surface area contributed by atoms with Crippen molar-refractivity contribution in [1.82, 2.24) is 10.2 Å². The first kappa shape index (κ1) is 18.0. The number of nitrogens with zero attached hydrogens (tertiary/aromatic N) is 2. The molecule has 0 atom stereocenters. The lowest BCUT2D eigenvalue weighted by Gasteiger charge is -2.20. The number of benzene rings is 1. The van der Waals surface area contributed by atoms with Crippen LogP contribution in [0.25, 0.3) is 0 Å². The molecule has 132 valence electrons. The monoisotopic (exact) mass is 347 g/mol. The predicted octanol–water partition coefficient (Wildman–Crippen LogP) is 1.97. The van der Waals surface area contributed by atoms with Gasteiger partial charge in [-0.1, -0.05) is 0 Å². The number of carbonyl (C=O) groups excluding carboxylic acids is 1. The maximum Gasteiger partial charge on any atom is 0.422 e. The Labute approximate surface area is 135 Å². The number of alkyl halides is 3. The van der Waals surface area contributed by atoms with Crippen molar-refractivity contribution in [2.24, 2.45) is 0 Å². The second-order valence-electron chi connectivity index (χ2n) is 5.24. The van der Waals surface area contributed by atoms with Crippen LogP contribution < -0.4 is 10.1 Å². The van der Waals surface area contributed by atoms with E-state index < -0.39 is 29.3 Å². The molecule has 7 nitrogen and oxygen atoms in total. The van der Waals surface area contributed by atoms with Crippen molar-refractivity contribution in [3.63, 3.8) is 0 Å². The standard InChI is InChI=1S/C14H16F3N3O4/c15-14(16,17)9-24-10-2-3-12(20(22)23)11(8-10)13(21)19-6-1-4-18-5-7-19/h2-3,8,18H,1,4-7,9H2. The molecular formula is C14H16F3N3O4. The van der Waals surface area contributed by atoms with Crippen LogP contribution in [-0.4, -0.2) is 54.7 Å². The van der Waals surface area contributed by atoms with Crippen molar-refractivity contribution in [2.45, 2.75) is 12.6 Å². The van der Waals surface area contributed by atoms with E-state index in [1.54, 1.807) is 0 Å². The normalized spacial score (nSPS) is 15.7. The van der Waals surface area contributed by atoms with E-state index >= 15 is 0 Å². The van der Waals surface area contributed by atoms with Crippen LogP contribution in [0.2, 0.25) is 0 Å². The van der Waals surface area contributed by atoms with Gasteiger partial charge in [0.2, 0.25) is 0 Å². The lowest BCUT2D eigenvalue weighted by atomic mass is 10.1. The highest BCUT2D eigenvalue weighted by atomic mass is 19.4. The zero-order valence-corrected chi connectivity index (χ0v) is 12.6. The molecular weight excluding hydrogens is 331 g/mol. The lowest BCUT2D eigenvalue weighted by molar-refractivity contribution is -0.385. The molecule has 0 spiro atoms. The van der Waals surface area contributed by atoms with Crippen LogP contribution in [-0.2, 0) is 0 Å². The van der Waals surface area contributed by atoms with Gasteiger partial charge in [-0.25, -0.2) is 0 Å². The summed E-state index contributed by atoms with van der Waals surface area (Å²) < 4.78 is 41.3. The Morgan fingerprint density at radius 2 is 2.08 bits per heavy atom. The molecule has 0 aromatic heterocycles. The van der Waals surface area contributed by atoms with Gasteiger partial charge in [0.15, 0.2) is 6.61 Å². The van der Waals surface area contributed by atoms with Gasteiger partial charge >= 0.3 is 6.18 Å². The summed E-state index contributed by atoms with van der Waals surface area (Å²) in [5.41, 5.74) is -0.738. The molecule has 1 aliphatic rings. The van der Waals surface area contributed by atoms with E-state index in [0.29, 0.717) is 26.1 Å². The minimum Gasteiger partial charge on any atom is -0.484 e. The Balaban J connectivity index is 2.26. The van der Waals surface area contributed by atoms with Crippen LogP contribution >= 0.6 is 0 Å². The predicted molar refractivity (Wildman–Crippen MR) is 78.0 cm³/mol. The first-order valence-corrected chi connectivity index (χ1v) is 7.26. The van der Waals surface area contributed by atoms with Gasteiger partial charge in [-0.3, -0.25) is 14.9 Å². The Kier molecular flexibility index (Phi) is 5.60. The highest BCUT2D eigenvalue weighted by Crippen LogP contribution is 2.27. The van der Waals surface area contributed by atoms with Gasteiger partial charge in [-0.15, -0.1) is 0 Å². The quantitative estimate of drug-likeness (QED) is 0.665. The van der Waals surface area contributed by atoms with Crippen LogP contribution in [0.5, 0.6) is 5.75 Å². The average molecular weight is 347 g/mol. The van der Waals surface area contributed by atoms with Gasteiger partial charge in [0, 0.05) is 25.7 Å². The number of amides is 1. The Morgan fingerprint density at radius 1 is 1.33 bits per heavy atom. The molecule has 10 heteroatoms. The first-order chi connectivity index (χ1) is 11.3. The maximum atomic E-state index is 12.5. The largest absolute Gasteiger partial charge is 0.484 e. The molecule has 0 bridgehead atoms. The highest BCUT2D eigenvalue weighted by molar-refractivity contribution is 5.98. The molecule has 1 aromatic carbocycles. The van der Waals surface area contributed by atoms with Crippen LogP contribution in [0.3, 0.4) is 0 Å². The molecule has 1 N–H and O–H groups in total. The van der Waals surface area contributed by atoms with E-state index in [-0.39, 0.29) is 11.3 Å². The number of nitro benzene ring substituents is 1. The topological polar surface area (TPSA) is 84.7 Å². The van der Waals surface area contributed by atoms with Crippen LogP contribution in [0.4, 0.5) is 18.9 Å². The SMILES string of the molecule is O=C(c1cc(OCC(F)(F)F)ccc1[N+](=O)[O-])N1CCCNCC1. The Bertz CT molecular complexity index is 614. The van der Waals surface area contributed by atoms with Gasteiger partial charge in [0.25, 0.3) is 11.6 Å². The van der Waals surface area contributed by atoms with Crippen molar-refractivity contribution in [3.05, 3.63) is 33.9 Å². The second-order valence-corrected chi connectivity index (χ2v) is 5.24. The molecule has 0 saturated carbocycles. The summed E-state index contributed by atoms with van der Waals surface area (Å²) in [5, 5.41) is 14.2. The van der Waals surface area contributed by atoms with Crippen LogP contribution in [0.15, 0.2) is 18.2 Å². The van der Waals surface area contributed by atoms with Crippen molar-refractivity contribution in [3.8, 4) is 5.75 Å². The minimum atomic E-state index is -4.54. The Hall–Kier alpha value is -2.36. The number of halogens is 3. The lowest BCUT2D eigenvalue weighted by Crippen LogP contribution is -2.34. The second kappa shape index (κ2) is 7.47. The van der Waals surface area contributed by atoms with Gasteiger partial charge < -0.3 is 15.0 Å². The molecule has 24 heavy (non-hydrogen) atoms. The number of nitro groups is 1.